The molecule has 2 nitrogen and oxygen atoms in total. The largest absolute Gasteiger partial charge is 2.00 e. The molecule has 0 atom stereocenters. The van der Waals surface area contributed by atoms with Crippen LogP contribution in [-0.4, -0.2) is 42.6 Å². The molecule has 0 bridgehead atoms. The fraction of sp³-hybridized carbons (Fsp3) is 0.800. The summed E-state index contributed by atoms with van der Waals surface area (Å²) in [5.41, 5.74) is 0. The molecule has 0 saturated carbocycles. The molecular weight excluding hydrogens is 212 g/mol. The number of ether oxygens (including phenoxy) is 2. The molecule has 0 heterocycles. The average Bonchev–Trinajstić information content (AvgIpc) is 2.04. The van der Waals surface area contributed by atoms with E-state index in [1.165, 1.54) is 0 Å². The Morgan fingerprint density at radius 2 is 1.86 bits per heavy atom. The third kappa shape index (κ3) is 12.5. The maximum Gasteiger partial charge on any atom is 2.00 e. The molecular formula is C10H17ClMgO2. The number of rotatable bonds is 6. The van der Waals surface area contributed by atoms with E-state index in [1.54, 1.807) is 7.11 Å². The minimum absolute atomic E-state index is 0. The predicted molar refractivity (Wildman–Crippen MR) is 53.8 cm³/mol. The number of hydrogen-bond donors (Lipinski definition) is 0. The Morgan fingerprint density at radius 3 is 2.29 bits per heavy atom. The second-order valence-electron chi connectivity index (χ2n) is 3.09. The summed E-state index contributed by atoms with van der Waals surface area (Å²) in [4.78, 5) is 0. The number of halogens is 1. The van der Waals surface area contributed by atoms with E-state index < -0.39 is 5.79 Å². The second-order valence-corrected chi connectivity index (χ2v) is 3.09. The van der Waals surface area contributed by atoms with Gasteiger partial charge in [0.05, 0.1) is 6.61 Å². The van der Waals surface area contributed by atoms with Crippen LogP contribution in [0.3, 0.4) is 0 Å². The molecule has 0 aliphatic heterocycles. The van der Waals surface area contributed by atoms with Gasteiger partial charge in [0.1, 0.15) is 0 Å². The summed E-state index contributed by atoms with van der Waals surface area (Å²) in [6.45, 7) is 4.45. The molecule has 0 fully saturated rings. The Kier molecular flexibility index (Phi) is 16.6. The van der Waals surface area contributed by atoms with Gasteiger partial charge >= 0.3 is 23.1 Å². The van der Waals surface area contributed by atoms with Crippen LogP contribution >= 0.6 is 0 Å². The van der Waals surface area contributed by atoms with Gasteiger partial charge in [0.15, 0.2) is 5.79 Å². The first-order valence-corrected chi connectivity index (χ1v) is 4.21. The van der Waals surface area contributed by atoms with E-state index in [1.807, 2.05) is 13.8 Å². The van der Waals surface area contributed by atoms with Crippen molar-refractivity contribution in [3.05, 3.63) is 6.42 Å². The van der Waals surface area contributed by atoms with Gasteiger partial charge in [-0.25, -0.2) is 0 Å². The van der Waals surface area contributed by atoms with Crippen LogP contribution in [0.15, 0.2) is 0 Å². The molecule has 0 aliphatic rings. The van der Waals surface area contributed by atoms with E-state index in [-0.39, 0.29) is 35.5 Å². The summed E-state index contributed by atoms with van der Waals surface area (Å²) in [6, 6.07) is 0. The SMILES string of the molecule is [C-]#CCCCCOC(C)(C)OC.[Cl-].[Mg+2]. The molecule has 0 radical (unpaired) electrons. The molecule has 78 valence electrons. The van der Waals surface area contributed by atoms with Crippen LogP contribution in [0.2, 0.25) is 0 Å². The maximum atomic E-state index is 6.68. The Morgan fingerprint density at radius 1 is 1.29 bits per heavy atom. The van der Waals surface area contributed by atoms with Gasteiger partial charge in [-0.15, -0.1) is 0 Å². The van der Waals surface area contributed by atoms with Crippen molar-refractivity contribution in [2.45, 2.75) is 38.9 Å². The van der Waals surface area contributed by atoms with Gasteiger partial charge in [-0.2, -0.15) is 0 Å². The summed E-state index contributed by atoms with van der Waals surface area (Å²) in [5.74, 6) is 1.86. The summed E-state index contributed by atoms with van der Waals surface area (Å²) in [6.07, 6.45) is 9.32. The fourth-order valence-corrected chi connectivity index (χ4v) is 0.692. The Balaban J connectivity index is -0.000000605. The van der Waals surface area contributed by atoms with Crippen molar-refractivity contribution in [3.8, 4) is 5.92 Å². The first-order valence-electron chi connectivity index (χ1n) is 4.21. The van der Waals surface area contributed by atoms with Crippen LogP contribution in [0.5, 0.6) is 0 Å². The zero-order valence-corrected chi connectivity index (χ0v) is 11.4. The third-order valence-corrected chi connectivity index (χ3v) is 1.64. The number of methoxy groups -OCH3 is 1. The van der Waals surface area contributed by atoms with Gasteiger partial charge in [-0.05, 0) is 33.1 Å². The van der Waals surface area contributed by atoms with Crippen LogP contribution in [0.4, 0.5) is 0 Å². The first-order chi connectivity index (χ1) is 5.62. The minimum Gasteiger partial charge on any atom is -1.00 e. The van der Waals surface area contributed by atoms with Gasteiger partial charge in [-0.1, -0.05) is 0 Å². The minimum atomic E-state index is -0.478. The Bertz CT molecular complexity index is 155. The van der Waals surface area contributed by atoms with Crippen molar-refractivity contribution < 1.29 is 21.9 Å². The molecule has 0 saturated heterocycles. The predicted octanol–water partition coefficient (Wildman–Crippen LogP) is -1.23. The Hall–Kier alpha value is 0.536. The normalized spacial score (nSPS) is 9.57. The molecule has 0 spiro atoms. The van der Waals surface area contributed by atoms with Crippen LogP contribution in [0.25, 0.3) is 0 Å². The summed E-state index contributed by atoms with van der Waals surface area (Å²) in [7, 11) is 1.63. The van der Waals surface area contributed by atoms with E-state index >= 15 is 0 Å². The van der Waals surface area contributed by atoms with Gasteiger partial charge in [-0.3, -0.25) is 0 Å². The van der Waals surface area contributed by atoms with E-state index in [0.29, 0.717) is 6.61 Å². The molecule has 0 aromatic rings. The summed E-state index contributed by atoms with van der Waals surface area (Å²) < 4.78 is 10.5. The monoisotopic (exact) mass is 228 g/mol. The van der Waals surface area contributed by atoms with Crippen molar-refractivity contribution in [1.29, 1.82) is 0 Å². The van der Waals surface area contributed by atoms with Gasteiger partial charge < -0.3 is 34.2 Å². The summed E-state index contributed by atoms with van der Waals surface area (Å²) in [5, 5.41) is 0. The summed E-state index contributed by atoms with van der Waals surface area (Å²) >= 11 is 0. The fourth-order valence-electron chi connectivity index (χ4n) is 0.692. The third-order valence-electron chi connectivity index (χ3n) is 1.64. The van der Waals surface area contributed by atoms with Crippen LogP contribution in [0, 0.1) is 12.3 Å². The van der Waals surface area contributed by atoms with Crippen molar-refractivity contribution in [1.82, 2.24) is 0 Å². The molecule has 0 aliphatic carbocycles. The molecule has 0 amide bonds. The van der Waals surface area contributed by atoms with Gasteiger partial charge in [0, 0.05) is 7.11 Å². The van der Waals surface area contributed by atoms with Crippen LogP contribution < -0.4 is 12.4 Å². The maximum absolute atomic E-state index is 6.68. The smallest absolute Gasteiger partial charge is 1.00 e. The van der Waals surface area contributed by atoms with Crippen molar-refractivity contribution in [2.75, 3.05) is 13.7 Å². The van der Waals surface area contributed by atoms with Crippen molar-refractivity contribution in [2.24, 2.45) is 0 Å². The van der Waals surface area contributed by atoms with Crippen molar-refractivity contribution >= 4 is 23.1 Å². The Labute approximate surface area is 110 Å². The molecule has 0 aromatic heterocycles. The van der Waals surface area contributed by atoms with Gasteiger partial charge in [0.2, 0.25) is 0 Å². The van der Waals surface area contributed by atoms with E-state index in [2.05, 4.69) is 5.92 Å². The van der Waals surface area contributed by atoms with Crippen molar-refractivity contribution in [3.63, 3.8) is 0 Å². The molecule has 4 heteroatoms. The quantitative estimate of drug-likeness (QED) is 0.187. The van der Waals surface area contributed by atoms with Crippen LogP contribution in [-0.2, 0) is 9.47 Å². The zero-order chi connectivity index (χ0) is 9.45. The number of unbranched alkanes of at least 4 members (excludes halogenated alkanes) is 2. The molecule has 14 heavy (non-hydrogen) atoms. The molecule has 0 unspecified atom stereocenters. The van der Waals surface area contributed by atoms with E-state index in [9.17, 15) is 0 Å². The van der Waals surface area contributed by atoms with Gasteiger partial charge in [0.25, 0.3) is 0 Å². The number of hydrogen-bond acceptors (Lipinski definition) is 2. The first kappa shape index (κ1) is 20.0. The second kappa shape index (κ2) is 11.6. The van der Waals surface area contributed by atoms with E-state index in [0.717, 1.165) is 19.3 Å². The standard InChI is InChI=1S/C10H17O2.ClH.Mg/c1-5-6-7-8-9-12-10(2,3)11-4;;/h6-9H2,2-4H3;1H;/q-1;;+2/p-1. The molecule has 0 rings (SSSR count). The van der Waals surface area contributed by atoms with E-state index in [4.69, 9.17) is 15.9 Å². The average molecular weight is 229 g/mol. The molecule has 0 N–H and O–H groups in total. The zero-order valence-electron chi connectivity index (χ0n) is 9.23. The van der Waals surface area contributed by atoms with Crippen LogP contribution in [0.1, 0.15) is 33.1 Å². The molecule has 0 aromatic carbocycles. The topological polar surface area (TPSA) is 18.5 Å².